The molecule has 2 heteroatoms. The lowest BCUT2D eigenvalue weighted by Crippen LogP contribution is -2.16. The summed E-state index contributed by atoms with van der Waals surface area (Å²) < 4.78 is 0. The molecule has 1 aromatic rings. The number of hydrogen-bond donors (Lipinski definition) is 1. The van der Waals surface area contributed by atoms with Gasteiger partial charge in [-0.2, -0.15) is 0 Å². The van der Waals surface area contributed by atoms with Crippen molar-refractivity contribution in [1.29, 1.82) is 0 Å². The number of nitrogens with two attached hydrogens (primary N) is 1. The summed E-state index contributed by atoms with van der Waals surface area (Å²) >= 11 is 5.89. The molecule has 1 atom stereocenters. The number of rotatable bonds is 6. The molecule has 0 fully saturated rings. The maximum Gasteiger partial charge on any atom is 0.0406 e. The molecular formula is C14H22ClN. The van der Waals surface area contributed by atoms with E-state index in [1.54, 1.807) is 0 Å². The molecule has 0 aliphatic rings. The van der Waals surface area contributed by atoms with E-state index in [-0.39, 0.29) is 0 Å². The molecular weight excluding hydrogens is 218 g/mol. The monoisotopic (exact) mass is 239 g/mol. The maximum absolute atomic E-state index is 5.89. The SMILES string of the molecule is CCC(CC)CC(CN)c1ccc(Cl)cc1. The Morgan fingerprint density at radius 1 is 1.12 bits per heavy atom. The number of benzene rings is 1. The number of hydrogen-bond acceptors (Lipinski definition) is 1. The van der Waals surface area contributed by atoms with Crippen molar-refractivity contribution >= 4 is 11.6 Å². The fraction of sp³-hybridized carbons (Fsp3) is 0.571. The summed E-state index contributed by atoms with van der Waals surface area (Å²) in [7, 11) is 0. The van der Waals surface area contributed by atoms with Gasteiger partial charge < -0.3 is 5.73 Å². The molecule has 0 saturated heterocycles. The Kier molecular flexibility index (Phi) is 5.86. The second kappa shape index (κ2) is 6.93. The molecule has 0 saturated carbocycles. The van der Waals surface area contributed by atoms with Gasteiger partial charge in [-0.25, -0.2) is 0 Å². The highest BCUT2D eigenvalue weighted by atomic mass is 35.5. The van der Waals surface area contributed by atoms with Crippen LogP contribution in [0.25, 0.3) is 0 Å². The van der Waals surface area contributed by atoms with E-state index in [1.807, 2.05) is 12.1 Å². The third kappa shape index (κ3) is 3.80. The smallest absolute Gasteiger partial charge is 0.0406 e. The van der Waals surface area contributed by atoms with Gasteiger partial charge in [0.05, 0.1) is 0 Å². The Balaban J connectivity index is 2.70. The van der Waals surface area contributed by atoms with E-state index in [0.29, 0.717) is 5.92 Å². The lowest BCUT2D eigenvalue weighted by atomic mass is 9.86. The summed E-state index contributed by atoms with van der Waals surface area (Å²) in [6, 6.07) is 8.10. The van der Waals surface area contributed by atoms with Crippen molar-refractivity contribution in [2.24, 2.45) is 11.7 Å². The molecule has 0 bridgehead atoms. The van der Waals surface area contributed by atoms with Gasteiger partial charge in [-0.05, 0) is 42.5 Å². The van der Waals surface area contributed by atoms with E-state index in [0.717, 1.165) is 17.5 Å². The third-order valence-electron chi connectivity index (χ3n) is 3.40. The van der Waals surface area contributed by atoms with Crippen molar-refractivity contribution in [3.8, 4) is 0 Å². The van der Waals surface area contributed by atoms with Crippen LogP contribution in [0.2, 0.25) is 5.02 Å². The standard InChI is InChI=1S/C14H22ClN/c1-3-11(4-2)9-13(10-16)12-5-7-14(15)8-6-12/h5-8,11,13H,3-4,9-10,16H2,1-2H3. The van der Waals surface area contributed by atoms with Crippen LogP contribution in [-0.2, 0) is 0 Å². The van der Waals surface area contributed by atoms with Gasteiger partial charge in [-0.3, -0.25) is 0 Å². The van der Waals surface area contributed by atoms with E-state index in [2.05, 4.69) is 26.0 Å². The van der Waals surface area contributed by atoms with E-state index in [9.17, 15) is 0 Å². The summed E-state index contributed by atoms with van der Waals surface area (Å²) in [6.45, 7) is 5.23. The van der Waals surface area contributed by atoms with Gasteiger partial charge in [0.2, 0.25) is 0 Å². The van der Waals surface area contributed by atoms with Crippen LogP contribution in [0.3, 0.4) is 0 Å². The molecule has 1 unspecified atom stereocenters. The van der Waals surface area contributed by atoms with Crippen LogP contribution in [0.1, 0.15) is 44.6 Å². The fourth-order valence-electron chi connectivity index (χ4n) is 2.13. The predicted octanol–water partition coefficient (Wildman–Crippen LogP) is 4.21. The first-order chi connectivity index (χ1) is 7.71. The van der Waals surface area contributed by atoms with Crippen LogP contribution in [0.15, 0.2) is 24.3 Å². The summed E-state index contributed by atoms with van der Waals surface area (Å²) in [5.74, 6) is 1.26. The quantitative estimate of drug-likeness (QED) is 0.791. The van der Waals surface area contributed by atoms with Crippen LogP contribution in [0.4, 0.5) is 0 Å². The number of halogens is 1. The van der Waals surface area contributed by atoms with Gasteiger partial charge in [0.1, 0.15) is 0 Å². The molecule has 0 heterocycles. The molecule has 2 N–H and O–H groups in total. The van der Waals surface area contributed by atoms with Crippen molar-refractivity contribution in [3.05, 3.63) is 34.9 Å². The molecule has 1 rings (SSSR count). The Bertz CT molecular complexity index is 290. The minimum absolute atomic E-state index is 0.474. The summed E-state index contributed by atoms with van der Waals surface area (Å²) in [4.78, 5) is 0. The molecule has 0 spiro atoms. The average molecular weight is 240 g/mol. The first-order valence-corrected chi connectivity index (χ1v) is 6.54. The van der Waals surface area contributed by atoms with E-state index < -0.39 is 0 Å². The third-order valence-corrected chi connectivity index (χ3v) is 3.65. The van der Waals surface area contributed by atoms with Crippen molar-refractivity contribution in [2.45, 2.75) is 39.0 Å². The Morgan fingerprint density at radius 3 is 2.12 bits per heavy atom. The summed E-state index contributed by atoms with van der Waals surface area (Å²) in [5, 5.41) is 0.794. The molecule has 90 valence electrons. The zero-order valence-electron chi connectivity index (χ0n) is 10.2. The predicted molar refractivity (Wildman–Crippen MR) is 71.9 cm³/mol. The topological polar surface area (TPSA) is 26.0 Å². The lowest BCUT2D eigenvalue weighted by Gasteiger charge is -2.21. The highest BCUT2D eigenvalue weighted by Crippen LogP contribution is 2.27. The largest absolute Gasteiger partial charge is 0.330 e. The molecule has 0 aliphatic carbocycles. The molecule has 0 amide bonds. The van der Waals surface area contributed by atoms with E-state index in [1.165, 1.54) is 24.8 Å². The minimum Gasteiger partial charge on any atom is -0.330 e. The van der Waals surface area contributed by atoms with Gasteiger partial charge in [0.25, 0.3) is 0 Å². The molecule has 1 nitrogen and oxygen atoms in total. The first kappa shape index (κ1) is 13.5. The van der Waals surface area contributed by atoms with Crippen molar-refractivity contribution < 1.29 is 0 Å². The van der Waals surface area contributed by atoms with Gasteiger partial charge in [-0.1, -0.05) is 50.4 Å². The van der Waals surface area contributed by atoms with Gasteiger partial charge in [0.15, 0.2) is 0 Å². The van der Waals surface area contributed by atoms with Crippen LogP contribution in [0.5, 0.6) is 0 Å². The van der Waals surface area contributed by atoms with E-state index >= 15 is 0 Å². The molecule has 0 aliphatic heterocycles. The minimum atomic E-state index is 0.474. The second-order valence-corrected chi connectivity index (χ2v) is 4.84. The van der Waals surface area contributed by atoms with Crippen LogP contribution in [-0.4, -0.2) is 6.54 Å². The van der Waals surface area contributed by atoms with Gasteiger partial charge in [-0.15, -0.1) is 0 Å². The van der Waals surface area contributed by atoms with Crippen LogP contribution >= 0.6 is 11.6 Å². The first-order valence-electron chi connectivity index (χ1n) is 6.16. The van der Waals surface area contributed by atoms with Crippen molar-refractivity contribution in [3.63, 3.8) is 0 Å². The molecule has 0 radical (unpaired) electrons. The highest BCUT2D eigenvalue weighted by Gasteiger charge is 2.14. The highest BCUT2D eigenvalue weighted by molar-refractivity contribution is 6.30. The van der Waals surface area contributed by atoms with Crippen molar-refractivity contribution in [1.82, 2.24) is 0 Å². The lowest BCUT2D eigenvalue weighted by molar-refractivity contribution is 0.413. The maximum atomic E-state index is 5.89. The van der Waals surface area contributed by atoms with Gasteiger partial charge >= 0.3 is 0 Å². The Hall–Kier alpha value is -0.530. The molecule has 16 heavy (non-hydrogen) atoms. The van der Waals surface area contributed by atoms with Crippen LogP contribution in [0, 0.1) is 5.92 Å². The summed E-state index contributed by atoms with van der Waals surface area (Å²) in [5.41, 5.74) is 7.19. The zero-order valence-corrected chi connectivity index (χ0v) is 11.0. The second-order valence-electron chi connectivity index (χ2n) is 4.40. The zero-order chi connectivity index (χ0) is 12.0. The average Bonchev–Trinajstić information content (AvgIpc) is 2.32. The fourth-order valence-corrected chi connectivity index (χ4v) is 2.25. The molecule has 1 aromatic carbocycles. The Morgan fingerprint density at radius 2 is 1.69 bits per heavy atom. The summed E-state index contributed by atoms with van der Waals surface area (Å²) in [6.07, 6.45) is 3.66. The van der Waals surface area contributed by atoms with E-state index in [4.69, 9.17) is 17.3 Å². The van der Waals surface area contributed by atoms with Crippen LogP contribution < -0.4 is 5.73 Å². The normalized spacial score (nSPS) is 13.1. The molecule has 0 aromatic heterocycles. The Labute approximate surface area is 104 Å². The van der Waals surface area contributed by atoms with Crippen molar-refractivity contribution in [2.75, 3.05) is 6.54 Å². The van der Waals surface area contributed by atoms with Gasteiger partial charge in [0, 0.05) is 5.02 Å².